The summed E-state index contributed by atoms with van der Waals surface area (Å²) < 4.78 is 0. The summed E-state index contributed by atoms with van der Waals surface area (Å²) in [7, 11) is 0. The summed E-state index contributed by atoms with van der Waals surface area (Å²) >= 11 is 5.33. The van der Waals surface area contributed by atoms with E-state index in [1.165, 1.54) is 19.3 Å². The van der Waals surface area contributed by atoms with Gasteiger partial charge >= 0.3 is 0 Å². The second kappa shape index (κ2) is 5.55. The maximum atomic E-state index is 12.9. The number of amides is 1. The van der Waals surface area contributed by atoms with Gasteiger partial charge in [-0.05, 0) is 93.1 Å². The summed E-state index contributed by atoms with van der Waals surface area (Å²) in [5.74, 6) is 3.08. The topological polar surface area (TPSA) is 54.0 Å². The summed E-state index contributed by atoms with van der Waals surface area (Å²) in [6, 6.07) is 3.85. The summed E-state index contributed by atoms with van der Waals surface area (Å²) in [6.45, 7) is 2.00. The van der Waals surface area contributed by atoms with E-state index in [4.69, 9.17) is 12.2 Å². The van der Waals surface area contributed by atoms with E-state index in [1.807, 2.05) is 19.1 Å². The Kier molecular flexibility index (Phi) is 3.63. The molecule has 4 fully saturated rings. The molecule has 4 aliphatic rings. The average molecular weight is 329 g/mol. The van der Waals surface area contributed by atoms with Crippen molar-refractivity contribution in [3.05, 3.63) is 23.9 Å². The van der Waals surface area contributed by atoms with Crippen molar-refractivity contribution in [3.63, 3.8) is 0 Å². The van der Waals surface area contributed by atoms with Crippen LogP contribution in [0.5, 0.6) is 0 Å². The number of nitrogens with one attached hydrogen (secondary N) is 2. The lowest BCUT2D eigenvalue weighted by molar-refractivity contribution is -0.144. The van der Waals surface area contributed by atoms with Gasteiger partial charge in [0.2, 0.25) is 5.91 Å². The third-order valence-corrected chi connectivity index (χ3v) is 6.11. The SMILES string of the molecule is Cc1ccnc(NC(=S)NC(=O)C23CC4CC(CC(C4)C2)C3)c1. The number of nitrogens with zero attached hydrogens (tertiary/aromatic N) is 1. The molecule has 5 rings (SSSR count). The van der Waals surface area contributed by atoms with Crippen molar-refractivity contribution in [2.24, 2.45) is 23.2 Å². The number of aromatic nitrogens is 1. The molecule has 4 nitrogen and oxygen atoms in total. The molecule has 5 heteroatoms. The molecule has 0 unspecified atom stereocenters. The van der Waals surface area contributed by atoms with Crippen LogP contribution >= 0.6 is 12.2 Å². The third-order valence-electron chi connectivity index (χ3n) is 5.90. The quantitative estimate of drug-likeness (QED) is 0.816. The molecule has 1 amide bonds. The highest BCUT2D eigenvalue weighted by atomic mass is 32.1. The Balaban J connectivity index is 1.42. The van der Waals surface area contributed by atoms with Crippen LogP contribution in [0.2, 0.25) is 0 Å². The molecule has 23 heavy (non-hydrogen) atoms. The van der Waals surface area contributed by atoms with Gasteiger partial charge in [0.1, 0.15) is 5.82 Å². The van der Waals surface area contributed by atoms with Gasteiger partial charge in [-0.25, -0.2) is 4.98 Å². The predicted octanol–water partition coefficient (Wildman–Crippen LogP) is 3.42. The fourth-order valence-corrected chi connectivity index (χ4v) is 5.57. The molecule has 1 aromatic heterocycles. The highest BCUT2D eigenvalue weighted by Gasteiger charge is 2.54. The molecule has 1 heterocycles. The molecule has 0 atom stereocenters. The number of hydrogen-bond acceptors (Lipinski definition) is 3. The number of carbonyl (C=O) groups is 1. The van der Waals surface area contributed by atoms with Crippen LogP contribution < -0.4 is 10.6 Å². The zero-order valence-corrected chi connectivity index (χ0v) is 14.3. The van der Waals surface area contributed by atoms with Crippen LogP contribution in [0.1, 0.15) is 44.1 Å². The zero-order valence-electron chi connectivity index (χ0n) is 13.5. The van der Waals surface area contributed by atoms with Crippen LogP contribution in [0, 0.1) is 30.1 Å². The number of thiocarbonyl (C=S) groups is 1. The van der Waals surface area contributed by atoms with Crippen LogP contribution in [0.15, 0.2) is 18.3 Å². The van der Waals surface area contributed by atoms with Crippen LogP contribution in [0.3, 0.4) is 0 Å². The number of aryl methyl sites for hydroxylation is 1. The normalized spacial score (nSPS) is 34.2. The number of pyridine rings is 1. The molecule has 4 bridgehead atoms. The molecule has 0 aliphatic heterocycles. The van der Waals surface area contributed by atoms with Crippen molar-refractivity contribution < 1.29 is 4.79 Å². The highest BCUT2D eigenvalue weighted by molar-refractivity contribution is 7.80. The zero-order chi connectivity index (χ0) is 16.0. The molecule has 0 aromatic carbocycles. The van der Waals surface area contributed by atoms with Crippen LogP contribution in [0.4, 0.5) is 5.82 Å². The van der Waals surface area contributed by atoms with E-state index in [9.17, 15) is 4.79 Å². The molecule has 0 saturated heterocycles. The van der Waals surface area contributed by atoms with Gasteiger partial charge in [0.05, 0.1) is 5.41 Å². The molecule has 2 N–H and O–H groups in total. The third kappa shape index (κ3) is 2.87. The van der Waals surface area contributed by atoms with Crippen molar-refractivity contribution in [1.29, 1.82) is 0 Å². The van der Waals surface area contributed by atoms with Crippen molar-refractivity contribution in [2.75, 3.05) is 5.32 Å². The molecular formula is C18H23N3OS. The average Bonchev–Trinajstić information content (AvgIpc) is 2.45. The van der Waals surface area contributed by atoms with E-state index < -0.39 is 0 Å². The molecule has 4 aliphatic carbocycles. The van der Waals surface area contributed by atoms with Crippen molar-refractivity contribution in [3.8, 4) is 0 Å². The largest absolute Gasteiger partial charge is 0.317 e. The van der Waals surface area contributed by atoms with Gasteiger partial charge in [-0.2, -0.15) is 0 Å². The number of carbonyl (C=O) groups excluding carboxylic acids is 1. The predicted molar refractivity (Wildman–Crippen MR) is 93.9 cm³/mol. The highest BCUT2D eigenvalue weighted by Crippen LogP contribution is 2.60. The standard InChI is InChI=1S/C18H23N3OS/c1-11-2-3-19-15(4-11)20-17(23)21-16(22)18-8-12-5-13(9-18)7-14(6-12)10-18/h2-4,12-14H,5-10H2,1H3,(H2,19,20,21,22,23). The number of hydrogen-bond donors (Lipinski definition) is 2. The van der Waals surface area contributed by atoms with E-state index >= 15 is 0 Å². The second-order valence-electron chi connectivity index (χ2n) is 7.82. The molecule has 4 saturated carbocycles. The molecular weight excluding hydrogens is 306 g/mol. The van der Waals surface area contributed by atoms with Crippen molar-refractivity contribution in [2.45, 2.75) is 45.4 Å². The van der Waals surface area contributed by atoms with Crippen molar-refractivity contribution in [1.82, 2.24) is 10.3 Å². The van der Waals surface area contributed by atoms with Gasteiger partial charge in [-0.15, -0.1) is 0 Å². The fourth-order valence-electron chi connectivity index (χ4n) is 5.38. The van der Waals surface area contributed by atoms with Crippen molar-refractivity contribution >= 4 is 29.1 Å². The lowest BCUT2D eigenvalue weighted by Gasteiger charge is -2.55. The van der Waals surface area contributed by atoms with Gasteiger partial charge in [-0.3, -0.25) is 4.79 Å². The molecule has 0 radical (unpaired) electrons. The minimum absolute atomic E-state index is 0.127. The Labute approximate surface area is 142 Å². The Morgan fingerprint density at radius 3 is 2.39 bits per heavy atom. The maximum absolute atomic E-state index is 12.9. The van der Waals surface area contributed by atoms with Crippen LogP contribution in [-0.4, -0.2) is 16.0 Å². The summed E-state index contributed by atoms with van der Waals surface area (Å²) in [5.41, 5.74) is 0.943. The van der Waals surface area contributed by atoms with Crippen LogP contribution in [-0.2, 0) is 4.79 Å². The van der Waals surface area contributed by atoms with Gasteiger partial charge in [-0.1, -0.05) is 0 Å². The van der Waals surface area contributed by atoms with Gasteiger partial charge in [0.15, 0.2) is 5.11 Å². The van der Waals surface area contributed by atoms with Crippen LogP contribution in [0.25, 0.3) is 0 Å². The molecule has 122 valence electrons. The van der Waals surface area contributed by atoms with E-state index in [0.29, 0.717) is 10.9 Å². The first-order chi connectivity index (χ1) is 11.0. The van der Waals surface area contributed by atoms with E-state index in [-0.39, 0.29) is 11.3 Å². The number of anilines is 1. The minimum atomic E-state index is -0.166. The summed E-state index contributed by atoms with van der Waals surface area (Å²) in [5, 5.41) is 6.35. The fraction of sp³-hybridized carbons (Fsp3) is 0.611. The summed E-state index contributed by atoms with van der Waals surface area (Å²) in [4.78, 5) is 17.1. The first-order valence-corrected chi connectivity index (χ1v) is 8.98. The Bertz CT molecular complexity index is 622. The Morgan fingerprint density at radius 1 is 1.22 bits per heavy atom. The van der Waals surface area contributed by atoms with E-state index in [1.54, 1.807) is 6.20 Å². The second-order valence-corrected chi connectivity index (χ2v) is 8.23. The summed E-state index contributed by atoms with van der Waals surface area (Å²) in [6.07, 6.45) is 8.90. The number of rotatable bonds is 2. The monoisotopic (exact) mass is 329 g/mol. The van der Waals surface area contributed by atoms with E-state index in [0.717, 1.165) is 42.6 Å². The van der Waals surface area contributed by atoms with Gasteiger partial charge in [0, 0.05) is 6.20 Å². The smallest absolute Gasteiger partial charge is 0.232 e. The Morgan fingerprint density at radius 2 is 1.83 bits per heavy atom. The first-order valence-electron chi connectivity index (χ1n) is 8.57. The minimum Gasteiger partial charge on any atom is -0.317 e. The van der Waals surface area contributed by atoms with Gasteiger partial charge < -0.3 is 10.6 Å². The molecule has 1 aromatic rings. The van der Waals surface area contributed by atoms with Gasteiger partial charge in [0.25, 0.3) is 0 Å². The first kappa shape index (κ1) is 15.1. The lowest BCUT2D eigenvalue weighted by Crippen LogP contribution is -2.55. The lowest BCUT2D eigenvalue weighted by atomic mass is 9.49. The molecule has 0 spiro atoms. The van der Waals surface area contributed by atoms with E-state index in [2.05, 4.69) is 15.6 Å². The maximum Gasteiger partial charge on any atom is 0.232 e. The Hall–Kier alpha value is -1.49.